The first kappa shape index (κ1) is 18.7. The maximum Gasteiger partial charge on any atom is 0.100 e. The van der Waals surface area contributed by atoms with E-state index < -0.39 is 17.8 Å². The molecule has 4 heteroatoms. The van der Waals surface area contributed by atoms with Crippen molar-refractivity contribution < 1.29 is 15.3 Å². The van der Waals surface area contributed by atoms with Gasteiger partial charge in [0.05, 0.1) is 11.7 Å². The molecular weight excluding hydrogens is 290 g/mol. The van der Waals surface area contributed by atoms with Crippen molar-refractivity contribution in [2.75, 3.05) is 13.1 Å². The Morgan fingerprint density at radius 3 is 2.74 bits per heavy atom. The van der Waals surface area contributed by atoms with Gasteiger partial charge in [0, 0.05) is 12.6 Å². The molecule has 3 N–H and O–H groups in total. The monoisotopic (exact) mass is 323 g/mol. The smallest absolute Gasteiger partial charge is 0.100 e. The molecular formula is C19H33NO3. The molecule has 23 heavy (non-hydrogen) atoms. The van der Waals surface area contributed by atoms with Crippen LogP contribution in [0.3, 0.4) is 0 Å². The van der Waals surface area contributed by atoms with Crippen LogP contribution in [0.15, 0.2) is 23.3 Å². The molecule has 0 aromatic carbocycles. The van der Waals surface area contributed by atoms with Crippen LogP contribution >= 0.6 is 0 Å². The molecule has 5 atom stereocenters. The molecule has 0 saturated carbocycles. The zero-order chi connectivity index (χ0) is 17.2. The molecule has 2 rings (SSSR count). The second-order valence-corrected chi connectivity index (χ2v) is 7.83. The number of piperidine rings is 1. The average molecular weight is 323 g/mol. The van der Waals surface area contributed by atoms with E-state index in [1.165, 1.54) is 12.0 Å². The van der Waals surface area contributed by atoms with E-state index in [1.807, 2.05) is 19.9 Å². The summed E-state index contributed by atoms with van der Waals surface area (Å²) in [5.41, 5.74) is 1.53. The van der Waals surface area contributed by atoms with Crippen LogP contribution in [0.5, 0.6) is 0 Å². The number of hydrogen-bond donors (Lipinski definition) is 3. The Bertz CT molecular complexity index is 467. The van der Waals surface area contributed by atoms with E-state index in [9.17, 15) is 15.3 Å². The predicted molar refractivity (Wildman–Crippen MR) is 93.1 cm³/mol. The number of hydrogen-bond acceptors (Lipinski definition) is 4. The molecule has 0 unspecified atom stereocenters. The number of fused-ring (bicyclic) bond motifs is 1. The molecule has 0 spiro atoms. The first-order valence-electron chi connectivity index (χ1n) is 8.89. The third-order valence-electron chi connectivity index (χ3n) is 5.33. The Morgan fingerprint density at radius 2 is 2.09 bits per heavy atom. The van der Waals surface area contributed by atoms with Crippen molar-refractivity contribution in [3.63, 3.8) is 0 Å². The first-order chi connectivity index (χ1) is 10.7. The van der Waals surface area contributed by atoms with Crippen LogP contribution in [-0.2, 0) is 0 Å². The largest absolute Gasteiger partial charge is 0.390 e. The number of nitrogens with zero attached hydrogens (tertiary/aromatic N) is 1. The summed E-state index contributed by atoms with van der Waals surface area (Å²) < 4.78 is 0. The van der Waals surface area contributed by atoms with Crippen molar-refractivity contribution in [2.24, 2.45) is 5.92 Å². The third-order valence-corrected chi connectivity index (χ3v) is 5.33. The normalized spacial score (nSPS) is 35.2. The fourth-order valence-electron chi connectivity index (χ4n) is 4.07. The molecule has 2 aliphatic rings. The van der Waals surface area contributed by atoms with Crippen LogP contribution in [0.25, 0.3) is 0 Å². The van der Waals surface area contributed by atoms with E-state index in [4.69, 9.17) is 0 Å². The predicted octanol–water partition coefficient (Wildman–Crippen LogP) is 2.25. The summed E-state index contributed by atoms with van der Waals surface area (Å²) in [6, 6.07) is 0.318. The maximum absolute atomic E-state index is 10.7. The minimum absolute atomic E-state index is 0.318. The lowest BCUT2D eigenvalue weighted by Gasteiger charge is -2.43. The van der Waals surface area contributed by atoms with Gasteiger partial charge in [0.15, 0.2) is 0 Å². The van der Waals surface area contributed by atoms with Crippen LogP contribution in [0, 0.1) is 5.92 Å². The lowest BCUT2D eigenvalue weighted by atomic mass is 9.82. The SMILES string of the molecule is C/C(=C\C[C@@H](C)/C=C1\CN2CCC[C@H]2[C@@](C)(O)C1)[C@@H](O)[C@H](C)O. The first-order valence-corrected chi connectivity index (χ1v) is 8.89. The van der Waals surface area contributed by atoms with Gasteiger partial charge in [-0.25, -0.2) is 0 Å². The second-order valence-electron chi connectivity index (χ2n) is 7.83. The third kappa shape index (κ3) is 4.66. The molecule has 0 amide bonds. The molecule has 2 aliphatic heterocycles. The van der Waals surface area contributed by atoms with Gasteiger partial charge in [0.1, 0.15) is 6.10 Å². The zero-order valence-electron chi connectivity index (χ0n) is 15.0. The highest BCUT2D eigenvalue weighted by molar-refractivity contribution is 5.18. The summed E-state index contributed by atoms with van der Waals surface area (Å²) in [7, 11) is 0. The van der Waals surface area contributed by atoms with Gasteiger partial charge in [0.2, 0.25) is 0 Å². The van der Waals surface area contributed by atoms with Crippen molar-refractivity contribution in [3.8, 4) is 0 Å². The van der Waals surface area contributed by atoms with Gasteiger partial charge in [-0.1, -0.05) is 24.6 Å². The lowest BCUT2D eigenvalue weighted by molar-refractivity contribution is -0.0330. The number of aliphatic hydroxyl groups is 3. The molecule has 2 fully saturated rings. The minimum atomic E-state index is -0.782. The van der Waals surface area contributed by atoms with Crippen molar-refractivity contribution in [3.05, 3.63) is 23.3 Å². The minimum Gasteiger partial charge on any atom is -0.390 e. The summed E-state index contributed by atoms with van der Waals surface area (Å²) in [4.78, 5) is 2.42. The van der Waals surface area contributed by atoms with E-state index in [1.54, 1.807) is 6.92 Å². The van der Waals surface area contributed by atoms with E-state index >= 15 is 0 Å². The Balaban J connectivity index is 1.97. The van der Waals surface area contributed by atoms with Gasteiger partial charge in [-0.05, 0) is 64.5 Å². The Hall–Kier alpha value is -0.680. The van der Waals surface area contributed by atoms with Gasteiger partial charge in [-0.3, -0.25) is 4.90 Å². The Kier molecular flexibility index (Phi) is 6.06. The lowest BCUT2D eigenvalue weighted by Crippen LogP contribution is -2.52. The highest BCUT2D eigenvalue weighted by Crippen LogP contribution is 2.37. The fourth-order valence-corrected chi connectivity index (χ4v) is 4.07. The molecule has 2 saturated heterocycles. The van der Waals surface area contributed by atoms with E-state index in [-0.39, 0.29) is 0 Å². The van der Waals surface area contributed by atoms with Crippen molar-refractivity contribution in [2.45, 2.75) is 77.2 Å². The van der Waals surface area contributed by atoms with Crippen LogP contribution in [0.1, 0.15) is 53.4 Å². The van der Waals surface area contributed by atoms with Gasteiger partial charge in [-0.2, -0.15) is 0 Å². The molecule has 0 aromatic heterocycles. The van der Waals surface area contributed by atoms with Gasteiger partial charge in [0.25, 0.3) is 0 Å². The standard InChI is InChI=1S/C19H33NO3/c1-13(7-8-14(2)18(22)15(3)21)10-16-11-19(4,23)17-6-5-9-20(17)12-16/h8,10,13,15,17-18,21-23H,5-7,9,11-12H2,1-4H3/b14-8+,16-10-/t13-,15+,17+,18-,19+/m1/s1. The molecule has 4 nitrogen and oxygen atoms in total. The summed E-state index contributed by atoms with van der Waals surface area (Å²) in [5.74, 6) is 0.358. The second kappa shape index (κ2) is 7.47. The average Bonchev–Trinajstić information content (AvgIpc) is 2.92. The van der Waals surface area contributed by atoms with Crippen LogP contribution in [-0.4, -0.2) is 57.2 Å². The van der Waals surface area contributed by atoms with E-state index in [2.05, 4.69) is 17.9 Å². The Morgan fingerprint density at radius 1 is 1.39 bits per heavy atom. The maximum atomic E-state index is 10.7. The van der Waals surface area contributed by atoms with Crippen LogP contribution in [0.2, 0.25) is 0 Å². The number of aliphatic hydroxyl groups excluding tert-OH is 2. The van der Waals surface area contributed by atoms with Gasteiger partial charge >= 0.3 is 0 Å². The van der Waals surface area contributed by atoms with E-state index in [0.717, 1.165) is 37.9 Å². The van der Waals surface area contributed by atoms with Crippen molar-refractivity contribution >= 4 is 0 Å². The summed E-state index contributed by atoms with van der Waals surface area (Å²) in [5, 5.41) is 30.0. The molecule has 0 aliphatic carbocycles. The quantitative estimate of drug-likeness (QED) is 0.679. The summed E-state index contributed by atoms with van der Waals surface area (Å²) in [6.07, 6.45) is 6.66. The summed E-state index contributed by atoms with van der Waals surface area (Å²) in [6.45, 7) is 9.66. The zero-order valence-corrected chi connectivity index (χ0v) is 15.0. The molecule has 0 aromatic rings. The number of allylic oxidation sites excluding steroid dienone is 2. The van der Waals surface area contributed by atoms with Crippen molar-refractivity contribution in [1.82, 2.24) is 4.90 Å². The van der Waals surface area contributed by atoms with Crippen LogP contribution in [0.4, 0.5) is 0 Å². The summed E-state index contributed by atoms with van der Waals surface area (Å²) >= 11 is 0. The van der Waals surface area contributed by atoms with E-state index in [0.29, 0.717) is 12.0 Å². The van der Waals surface area contributed by atoms with Gasteiger partial charge < -0.3 is 15.3 Å². The molecule has 0 bridgehead atoms. The highest BCUT2D eigenvalue weighted by atomic mass is 16.3. The Labute approximate surface area is 140 Å². The fraction of sp³-hybridized carbons (Fsp3) is 0.789. The highest BCUT2D eigenvalue weighted by Gasteiger charge is 2.43. The molecule has 0 radical (unpaired) electrons. The molecule has 132 valence electrons. The van der Waals surface area contributed by atoms with Crippen LogP contribution < -0.4 is 0 Å². The number of rotatable bonds is 5. The van der Waals surface area contributed by atoms with Crippen molar-refractivity contribution in [1.29, 1.82) is 0 Å². The topological polar surface area (TPSA) is 63.9 Å². The molecule has 2 heterocycles. The van der Waals surface area contributed by atoms with Gasteiger partial charge in [-0.15, -0.1) is 0 Å².